The number of rotatable bonds is 12. The van der Waals surface area contributed by atoms with Crippen LogP contribution < -0.4 is 20.5 Å². The number of aromatic nitrogens is 4. The van der Waals surface area contributed by atoms with E-state index in [0.717, 1.165) is 35.1 Å². The molecule has 0 aliphatic carbocycles. The number of hydrogen-bond donors (Lipinski definition) is 2. The third kappa shape index (κ3) is 7.12. The van der Waals surface area contributed by atoms with Crippen molar-refractivity contribution in [2.24, 2.45) is 5.73 Å². The van der Waals surface area contributed by atoms with E-state index in [9.17, 15) is 4.79 Å². The maximum absolute atomic E-state index is 11.1. The molecule has 2 aromatic carbocycles. The molecule has 0 aliphatic heterocycles. The summed E-state index contributed by atoms with van der Waals surface area (Å²) in [4.78, 5) is 11.1. The standard InChI is InChI=1S/C20H24N6O3S.ClH/c1-28-17-10-5-7-15(19(17)29-14-18(21)27)13-22-11-6-12-30-20-23-24-25-26(20)16-8-3-2-4-9-16;/h2-5,7-10,22H,6,11-14H2,1H3,(H2,21,27);1H. The van der Waals surface area contributed by atoms with E-state index in [1.54, 1.807) is 29.6 Å². The molecule has 0 saturated carbocycles. The lowest BCUT2D eigenvalue weighted by Gasteiger charge is -2.14. The van der Waals surface area contributed by atoms with Crippen LogP contribution in [-0.4, -0.2) is 52.1 Å². The SMILES string of the molecule is COc1cccc(CNCCCSc2nnnn2-c2ccccc2)c1OCC(N)=O.Cl. The molecule has 0 saturated heterocycles. The molecule has 0 atom stereocenters. The van der Waals surface area contributed by atoms with Crippen molar-refractivity contribution < 1.29 is 14.3 Å². The summed E-state index contributed by atoms with van der Waals surface area (Å²) in [6.07, 6.45) is 0.924. The number of carbonyl (C=O) groups is 1. The zero-order chi connectivity index (χ0) is 21.2. The Bertz CT molecular complexity index is 957. The number of tetrazole rings is 1. The molecule has 0 aliphatic rings. The van der Waals surface area contributed by atoms with E-state index >= 15 is 0 Å². The van der Waals surface area contributed by atoms with Gasteiger partial charge in [0.25, 0.3) is 5.91 Å². The second-order valence-electron chi connectivity index (χ2n) is 6.29. The molecule has 9 nitrogen and oxygen atoms in total. The molecule has 1 aromatic heterocycles. The van der Waals surface area contributed by atoms with Crippen LogP contribution in [0.5, 0.6) is 11.5 Å². The second kappa shape index (κ2) is 12.8. The van der Waals surface area contributed by atoms with Gasteiger partial charge in [-0.05, 0) is 41.6 Å². The van der Waals surface area contributed by atoms with Gasteiger partial charge in [-0.2, -0.15) is 4.68 Å². The maximum Gasteiger partial charge on any atom is 0.255 e. The third-order valence-electron chi connectivity index (χ3n) is 4.13. The Labute approximate surface area is 191 Å². The van der Waals surface area contributed by atoms with Crippen LogP contribution in [0, 0.1) is 0 Å². The van der Waals surface area contributed by atoms with Gasteiger partial charge in [-0.15, -0.1) is 17.5 Å². The minimum atomic E-state index is -0.533. The Kier molecular flexibility index (Phi) is 10.1. The molecule has 0 radical (unpaired) electrons. The van der Waals surface area contributed by atoms with E-state index in [1.807, 2.05) is 42.5 Å². The van der Waals surface area contributed by atoms with Crippen LogP contribution in [0.1, 0.15) is 12.0 Å². The van der Waals surface area contributed by atoms with Gasteiger partial charge in [0.15, 0.2) is 18.1 Å². The molecule has 0 bridgehead atoms. The first-order valence-electron chi connectivity index (χ1n) is 9.43. The maximum atomic E-state index is 11.1. The predicted octanol–water partition coefficient (Wildman–Crippen LogP) is 2.23. The van der Waals surface area contributed by atoms with Crippen molar-refractivity contribution in [3.05, 3.63) is 54.1 Å². The molecule has 3 rings (SSSR count). The van der Waals surface area contributed by atoms with Crippen molar-refractivity contribution in [1.82, 2.24) is 25.5 Å². The fraction of sp³-hybridized carbons (Fsp3) is 0.300. The molecule has 31 heavy (non-hydrogen) atoms. The molecule has 11 heteroatoms. The van der Waals surface area contributed by atoms with E-state index in [2.05, 4.69) is 20.8 Å². The van der Waals surface area contributed by atoms with E-state index < -0.39 is 5.91 Å². The van der Waals surface area contributed by atoms with E-state index in [1.165, 1.54) is 0 Å². The van der Waals surface area contributed by atoms with Crippen LogP contribution >= 0.6 is 24.2 Å². The number of ether oxygens (including phenoxy) is 2. The van der Waals surface area contributed by atoms with Crippen LogP contribution in [-0.2, 0) is 11.3 Å². The third-order valence-corrected chi connectivity index (χ3v) is 5.13. The molecule has 1 heterocycles. The van der Waals surface area contributed by atoms with E-state index in [0.29, 0.717) is 18.0 Å². The van der Waals surface area contributed by atoms with E-state index in [4.69, 9.17) is 15.2 Å². The lowest BCUT2D eigenvalue weighted by molar-refractivity contribution is -0.119. The number of methoxy groups -OCH3 is 1. The van der Waals surface area contributed by atoms with Gasteiger partial charge >= 0.3 is 0 Å². The topological polar surface area (TPSA) is 117 Å². The number of halogens is 1. The fourth-order valence-corrected chi connectivity index (χ4v) is 3.58. The molecule has 0 unspecified atom stereocenters. The Morgan fingerprint density at radius 3 is 2.74 bits per heavy atom. The molecule has 166 valence electrons. The van der Waals surface area contributed by atoms with Crippen LogP contribution in [0.3, 0.4) is 0 Å². The number of carbonyl (C=O) groups excluding carboxylic acids is 1. The normalized spacial score (nSPS) is 10.4. The summed E-state index contributed by atoms with van der Waals surface area (Å²) >= 11 is 1.61. The highest BCUT2D eigenvalue weighted by molar-refractivity contribution is 7.99. The molecule has 0 spiro atoms. The number of hydrogen-bond acceptors (Lipinski definition) is 8. The quantitative estimate of drug-likeness (QED) is 0.309. The zero-order valence-electron chi connectivity index (χ0n) is 17.1. The summed E-state index contributed by atoms with van der Waals surface area (Å²) < 4.78 is 12.6. The van der Waals surface area contributed by atoms with Crippen LogP contribution in [0.15, 0.2) is 53.7 Å². The Balaban J connectivity index is 0.00000341. The average molecular weight is 465 g/mol. The monoisotopic (exact) mass is 464 g/mol. The van der Waals surface area contributed by atoms with Gasteiger partial charge in [0.1, 0.15) is 0 Å². The van der Waals surface area contributed by atoms with Gasteiger partial charge < -0.3 is 20.5 Å². The summed E-state index contributed by atoms with van der Waals surface area (Å²) in [6.45, 7) is 1.18. The first-order chi connectivity index (χ1) is 14.7. The average Bonchev–Trinajstić information content (AvgIpc) is 3.24. The van der Waals surface area contributed by atoms with Crippen molar-refractivity contribution in [2.45, 2.75) is 18.1 Å². The smallest absolute Gasteiger partial charge is 0.255 e. The number of primary amides is 1. The molecule has 3 N–H and O–H groups in total. The van der Waals surface area contributed by atoms with Gasteiger partial charge in [0.2, 0.25) is 5.16 Å². The molecule has 0 fully saturated rings. The van der Waals surface area contributed by atoms with Crippen LogP contribution in [0.25, 0.3) is 5.69 Å². The van der Waals surface area contributed by atoms with Crippen molar-refractivity contribution in [3.63, 3.8) is 0 Å². The van der Waals surface area contributed by atoms with Crippen LogP contribution in [0.4, 0.5) is 0 Å². The number of nitrogens with zero attached hydrogens (tertiary/aromatic N) is 4. The summed E-state index contributed by atoms with van der Waals surface area (Å²) in [5.41, 5.74) is 7.02. The number of benzene rings is 2. The first-order valence-corrected chi connectivity index (χ1v) is 10.4. The van der Waals surface area contributed by atoms with Crippen molar-refractivity contribution in [1.29, 1.82) is 0 Å². The number of para-hydroxylation sites is 2. The summed E-state index contributed by atoms with van der Waals surface area (Å²) in [5, 5.41) is 16.1. The van der Waals surface area contributed by atoms with Crippen molar-refractivity contribution in [2.75, 3.05) is 26.0 Å². The number of amides is 1. The molecular formula is C20H25ClN6O3S. The van der Waals surface area contributed by atoms with E-state index in [-0.39, 0.29) is 19.0 Å². The number of thioether (sulfide) groups is 1. The summed E-state index contributed by atoms with van der Waals surface area (Å²) in [6, 6.07) is 15.4. The van der Waals surface area contributed by atoms with Crippen molar-refractivity contribution in [3.8, 4) is 17.2 Å². The van der Waals surface area contributed by atoms with Crippen LogP contribution in [0.2, 0.25) is 0 Å². The Morgan fingerprint density at radius 1 is 1.19 bits per heavy atom. The lowest BCUT2D eigenvalue weighted by atomic mass is 10.2. The largest absolute Gasteiger partial charge is 0.493 e. The Morgan fingerprint density at radius 2 is 2.00 bits per heavy atom. The Hall–Kier alpha value is -2.82. The van der Waals surface area contributed by atoms with Gasteiger partial charge in [-0.3, -0.25) is 4.79 Å². The number of nitrogens with one attached hydrogen (secondary N) is 1. The van der Waals surface area contributed by atoms with Gasteiger partial charge in [-0.1, -0.05) is 42.1 Å². The minimum Gasteiger partial charge on any atom is -0.493 e. The fourth-order valence-electron chi connectivity index (χ4n) is 2.75. The van der Waals surface area contributed by atoms with Gasteiger partial charge in [-0.25, -0.2) is 0 Å². The molecule has 3 aromatic rings. The highest BCUT2D eigenvalue weighted by Gasteiger charge is 2.12. The van der Waals surface area contributed by atoms with Crippen molar-refractivity contribution >= 4 is 30.1 Å². The molecular weight excluding hydrogens is 440 g/mol. The van der Waals surface area contributed by atoms with Gasteiger partial charge in [0, 0.05) is 17.9 Å². The summed E-state index contributed by atoms with van der Waals surface area (Å²) in [5.74, 6) is 1.43. The second-order valence-corrected chi connectivity index (χ2v) is 7.35. The highest BCUT2D eigenvalue weighted by atomic mass is 35.5. The predicted molar refractivity (Wildman–Crippen MR) is 121 cm³/mol. The van der Waals surface area contributed by atoms with Gasteiger partial charge in [0.05, 0.1) is 12.8 Å². The minimum absolute atomic E-state index is 0. The zero-order valence-corrected chi connectivity index (χ0v) is 18.7. The summed E-state index contributed by atoms with van der Waals surface area (Å²) in [7, 11) is 1.56. The first kappa shape index (κ1) is 24.4. The lowest BCUT2D eigenvalue weighted by Crippen LogP contribution is -2.21. The molecule has 1 amide bonds. The highest BCUT2D eigenvalue weighted by Crippen LogP contribution is 2.31. The number of nitrogens with two attached hydrogens (primary N) is 1.